The molecule has 85 heavy (non-hydrogen) atoms. The van der Waals surface area contributed by atoms with E-state index in [0.29, 0.717) is 19.4 Å². The van der Waals surface area contributed by atoms with Crippen LogP contribution in [0.3, 0.4) is 0 Å². The molecule has 0 saturated carbocycles. The Bertz CT molecular complexity index is 1330. The third kappa shape index (κ3) is 71.3. The van der Waals surface area contributed by atoms with Crippen molar-refractivity contribution >= 4 is 11.9 Å². The van der Waals surface area contributed by atoms with Gasteiger partial charge < -0.3 is 20.3 Å². The number of esters is 1. The molecule has 6 nitrogen and oxygen atoms in total. The lowest BCUT2D eigenvalue weighted by Gasteiger charge is -2.20. The minimum atomic E-state index is -0.844. The van der Waals surface area contributed by atoms with Crippen molar-refractivity contribution in [2.75, 3.05) is 13.2 Å². The summed E-state index contributed by atoms with van der Waals surface area (Å²) < 4.78 is 5.50. The molecule has 0 rings (SSSR count). The molecule has 6 heteroatoms. The highest BCUT2D eigenvalue weighted by molar-refractivity contribution is 5.76. The summed E-state index contributed by atoms with van der Waals surface area (Å²) in [6.07, 6.45) is 95.8. The predicted molar refractivity (Wildman–Crippen MR) is 375 cm³/mol. The van der Waals surface area contributed by atoms with Gasteiger partial charge in [-0.3, -0.25) is 9.59 Å². The standard InChI is InChI=1S/C79H153NO5/c1-3-5-7-9-11-13-15-17-19-20-21-22-35-38-41-44-47-51-55-59-63-67-71-77(82)76(75-81)80-78(83)72-68-64-60-56-52-48-45-42-39-36-33-31-29-27-25-23-24-26-28-30-32-34-37-40-43-46-50-54-58-62-66-70-74-85-79(84)73-69-65-61-57-53-49-18-16-14-12-10-8-6-4-2/h26,28,67,71,76-77,81-82H,3-25,27,29-66,68-70,72-75H2,1-2H3,(H,80,83)/b28-26-,71-67+. The lowest BCUT2D eigenvalue weighted by Crippen LogP contribution is -2.45. The summed E-state index contributed by atoms with van der Waals surface area (Å²) in [5.74, 6) is -0.0393. The first-order valence-corrected chi connectivity index (χ1v) is 39.1. The fourth-order valence-electron chi connectivity index (χ4n) is 12.5. The molecule has 0 radical (unpaired) electrons. The Morgan fingerprint density at radius 1 is 0.318 bits per heavy atom. The van der Waals surface area contributed by atoms with E-state index in [9.17, 15) is 19.8 Å². The van der Waals surface area contributed by atoms with Crippen molar-refractivity contribution in [1.29, 1.82) is 0 Å². The molecule has 1 amide bonds. The van der Waals surface area contributed by atoms with Crippen LogP contribution in [-0.4, -0.2) is 47.4 Å². The van der Waals surface area contributed by atoms with E-state index < -0.39 is 12.1 Å². The van der Waals surface area contributed by atoms with Crippen LogP contribution in [0.1, 0.15) is 444 Å². The molecule has 0 aromatic carbocycles. The molecule has 3 N–H and O–H groups in total. The van der Waals surface area contributed by atoms with Crippen LogP contribution in [0.4, 0.5) is 0 Å². The number of hydrogen-bond donors (Lipinski definition) is 3. The van der Waals surface area contributed by atoms with E-state index in [1.165, 1.54) is 379 Å². The number of aliphatic hydroxyl groups is 2. The third-order valence-corrected chi connectivity index (χ3v) is 18.5. The van der Waals surface area contributed by atoms with Crippen molar-refractivity contribution in [3.05, 3.63) is 24.3 Å². The van der Waals surface area contributed by atoms with E-state index in [-0.39, 0.29) is 18.5 Å². The van der Waals surface area contributed by atoms with Crippen LogP contribution in [0, 0.1) is 0 Å². The molecular formula is C79H153NO5. The van der Waals surface area contributed by atoms with Crippen LogP contribution in [-0.2, 0) is 14.3 Å². The Hall–Kier alpha value is -1.66. The molecule has 0 fully saturated rings. The lowest BCUT2D eigenvalue weighted by molar-refractivity contribution is -0.143. The van der Waals surface area contributed by atoms with Crippen LogP contribution in [0.2, 0.25) is 0 Å². The van der Waals surface area contributed by atoms with Gasteiger partial charge in [-0.2, -0.15) is 0 Å². The quantitative estimate of drug-likeness (QED) is 0.0320. The Kier molecular flexibility index (Phi) is 73.3. The van der Waals surface area contributed by atoms with Gasteiger partial charge in [0.15, 0.2) is 0 Å². The molecule has 0 aromatic heterocycles. The van der Waals surface area contributed by atoms with Crippen molar-refractivity contribution in [3.8, 4) is 0 Å². The first-order valence-electron chi connectivity index (χ1n) is 39.1. The maximum atomic E-state index is 12.5. The number of carbonyl (C=O) groups excluding carboxylic acids is 2. The molecule has 504 valence electrons. The van der Waals surface area contributed by atoms with Gasteiger partial charge in [0.05, 0.1) is 25.4 Å². The smallest absolute Gasteiger partial charge is 0.305 e. The average Bonchev–Trinajstić information content (AvgIpc) is 3.51. The number of amides is 1. The molecule has 0 saturated heterocycles. The fraction of sp³-hybridized carbons (Fsp3) is 0.924. The van der Waals surface area contributed by atoms with Gasteiger partial charge in [-0.25, -0.2) is 0 Å². The number of hydrogen-bond acceptors (Lipinski definition) is 5. The van der Waals surface area contributed by atoms with Crippen LogP contribution in [0.5, 0.6) is 0 Å². The van der Waals surface area contributed by atoms with Gasteiger partial charge in [-0.15, -0.1) is 0 Å². The molecule has 2 atom stereocenters. The van der Waals surface area contributed by atoms with Crippen molar-refractivity contribution in [3.63, 3.8) is 0 Å². The SMILES string of the molecule is CCCCCCCCCCCCCCCCCCCCCC/C=C/C(O)C(CO)NC(=O)CCCCCCCCCCCCCCCCCC/C=C\CCCCCCCCCCCCCCOC(=O)CCCCCCCCCCCCCCCC. The minimum absolute atomic E-state index is 0.0212. The first kappa shape index (κ1) is 83.3. The van der Waals surface area contributed by atoms with Gasteiger partial charge in [0.25, 0.3) is 0 Å². The van der Waals surface area contributed by atoms with Crippen LogP contribution < -0.4 is 5.32 Å². The topological polar surface area (TPSA) is 95.9 Å². The van der Waals surface area contributed by atoms with Crippen LogP contribution in [0.25, 0.3) is 0 Å². The highest BCUT2D eigenvalue weighted by atomic mass is 16.5. The summed E-state index contributed by atoms with van der Waals surface area (Å²) >= 11 is 0. The summed E-state index contributed by atoms with van der Waals surface area (Å²) in [4.78, 5) is 24.6. The molecule has 0 bridgehead atoms. The Balaban J connectivity index is 3.37. The molecule has 0 spiro atoms. The Morgan fingerprint density at radius 3 is 0.835 bits per heavy atom. The molecular weight excluding hydrogens is 1040 g/mol. The summed E-state index contributed by atoms with van der Waals surface area (Å²) in [6, 6.07) is -0.627. The second-order valence-corrected chi connectivity index (χ2v) is 27.0. The van der Waals surface area contributed by atoms with E-state index in [1.807, 2.05) is 6.08 Å². The number of carbonyl (C=O) groups is 2. The number of rotatable bonds is 74. The maximum Gasteiger partial charge on any atom is 0.305 e. The summed E-state index contributed by atoms with van der Waals surface area (Å²) in [5, 5.41) is 23.3. The van der Waals surface area contributed by atoms with E-state index in [2.05, 4.69) is 31.3 Å². The number of nitrogens with one attached hydrogen (secondary N) is 1. The zero-order valence-corrected chi connectivity index (χ0v) is 57.9. The number of aliphatic hydroxyl groups excluding tert-OH is 2. The normalized spacial score (nSPS) is 12.6. The number of allylic oxidation sites excluding steroid dienone is 3. The predicted octanol–water partition coefficient (Wildman–Crippen LogP) is 25.7. The van der Waals surface area contributed by atoms with Gasteiger partial charge in [0, 0.05) is 12.8 Å². The third-order valence-electron chi connectivity index (χ3n) is 18.5. The van der Waals surface area contributed by atoms with E-state index in [4.69, 9.17) is 4.74 Å². The summed E-state index contributed by atoms with van der Waals surface area (Å²) in [5.41, 5.74) is 0. The second-order valence-electron chi connectivity index (χ2n) is 27.0. The minimum Gasteiger partial charge on any atom is -0.466 e. The first-order chi connectivity index (χ1) is 42.0. The van der Waals surface area contributed by atoms with Gasteiger partial charge in [-0.05, 0) is 57.8 Å². The Morgan fingerprint density at radius 2 is 0.553 bits per heavy atom. The van der Waals surface area contributed by atoms with E-state index >= 15 is 0 Å². The average molecular weight is 1200 g/mol. The molecule has 2 unspecified atom stereocenters. The van der Waals surface area contributed by atoms with Crippen molar-refractivity contribution in [2.24, 2.45) is 0 Å². The largest absolute Gasteiger partial charge is 0.466 e. The molecule has 0 aliphatic carbocycles. The zero-order chi connectivity index (χ0) is 61.3. The summed E-state index contributed by atoms with van der Waals surface area (Å²) in [6.45, 7) is 4.96. The number of unbranched alkanes of at least 4 members (excludes halogenated alkanes) is 61. The van der Waals surface area contributed by atoms with Crippen LogP contribution in [0.15, 0.2) is 24.3 Å². The maximum absolute atomic E-state index is 12.5. The highest BCUT2D eigenvalue weighted by Crippen LogP contribution is 2.20. The van der Waals surface area contributed by atoms with Gasteiger partial charge >= 0.3 is 5.97 Å². The van der Waals surface area contributed by atoms with E-state index in [1.54, 1.807) is 6.08 Å². The second kappa shape index (κ2) is 74.8. The van der Waals surface area contributed by atoms with Gasteiger partial charge in [-0.1, -0.05) is 398 Å². The van der Waals surface area contributed by atoms with Gasteiger partial charge in [0.1, 0.15) is 0 Å². The molecule has 0 aliphatic rings. The lowest BCUT2D eigenvalue weighted by atomic mass is 10.0. The van der Waals surface area contributed by atoms with Gasteiger partial charge in [0.2, 0.25) is 5.91 Å². The van der Waals surface area contributed by atoms with E-state index in [0.717, 1.165) is 38.5 Å². The molecule has 0 aromatic rings. The summed E-state index contributed by atoms with van der Waals surface area (Å²) in [7, 11) is 0. The monoisotopic (exact) mass is 1200 g/mol. The molecule has 0 heterocycles. The van der Waals surface area contributed by atoms with Crippen molar-refractivity contribution < 1.29 is 24.5 Å². The Labute approximate surface area is 532 Å². The fourth-order valence-corrected chi connectivity index (χ4v) is 12.5. The molecule has 0 aliphatic heterocycles. The van der Waals surface area contributed by atoms with Crippen molar-refractivity contribution in [2.45, 2.75) is 456 Å². The van der Waals surface area contributed by atoms with Crippen LogP contribution >= 0.6 is 0 Å². The van der Waals surface area contributed by atoms with Crippen molar-refractivity contribution in [1.82, 2.24) is 5.32 Å². The highest BCUT2D eigenvalue weighted by Gasteiger charge is 2.18. The number of ether oxygens (including phenoxy) is 1. The zero-order valence-electron chi connectivity index (χ0n) is 57.9.